The average molecular weight is 285 g/mol. The van der Waals surface area contributed by atoms with Gasteiger partial charge in [-0.05, 0) is 42.9 Å². The molecule has 3 heteroatoms. The summed E-state index contributed by atoms with van der Waals surface area (Å²) in [6.07, 6.45) is 6.99. The molecule has 2 rings (SSSR count). The molecule has 2 aromatic rings. The Morgan fingerprint density at radius 1 is 1.14 bits per heavy atom. The van der Waals surface area contributed by atoms with Gasteiger partial charge in [-0.1, -0.05) is 39.8 Å². The summed E-state index contributed by atoms with van der Waals surface area (Å²) in [7, 11) is 0. The van der Waals surface area contributed by atoms with Gasteiger partial charge in [0.25, 0.3) is 0 Å². The molecular weight excluding hydrogens is 258 g/mol. The summed E-state index contributed by atoms with van der Waals surface area (Å²) in [5.74, 6) is 0. The molecule has 1 N–H and O–H groups in total. The number of nitrogens with one attached hydrogen (secondary N) is 1. The number of para-hydroxylation sites is 1. The van der Waals surface area contributed by atoms with Crippen molar-refractivity contribution in [3.05, 3.63) is 36.2 Å². The van der Waals surface area contributed by atoms with E-state index in [1.165, 1.54) is 12.0 Å². The zero-order valence-corrected chi connectivity index (χ0v) is 13.7. The lowest BCUT2D eigenvalue weighted by Gasteiger charge is -2.25. The number of rotatable bonds is 6. The smallest absolute Gasteiger partial charge is 0.0934 e. The Labute approximate surface area is 128 Å². The molecule has 1 atom stereocenters. The van der Waals surface area contributed by atoms with Crippen LogP contribution in [0.3, 0.4) is 0 Å². The van der Waals surface area contributed by atoms with E-state index in [0.29, 0.717) is 11.5 Å². The van der Waals surface area contributed by atoms with Crippen LogP contribution in [0.5, 0.6) is 0 Å². The molecule has 1 aromatic carbocycles. The molecular formula is C18H27N3. The lowest BCUT2D eigenvalue weighted by molar-refractivity contribution is 0.332. The number of fused-ring (bicyclic) bond motifs is 1. The van der Waals surface area contributed by atoms with Crippen LogP contribution in [0.25, 0.3) is 11.0 Å². The lowest BCUT2D eigenvalue weighted by Crippen LogP contribution is -2.24. The van der Waals surface area contributed by atoms with Crippen molar-refractivity contribution in [2.75, 3.05) is 6.54 Å². The molecule has 21 heavy (non-hydrogen) atoms. The molecule has 0 spiro atoms. The van der Waals surface area contributed by atoms with E-state index in [4.69, 9.17) is 0 Å². The Morgan fingerprint density at radius 2 is 1.90 bits per heavy atom. The second-order valence-electron chi connectivity index (χ2n) is 6.88. The highest BCUT2D eigenvalue weighted by Crippen LogP contribution is 2.30. The number of hydrogen-bond donors (Lipinski definition) is 1. The SMILES string of the molecule is CCCNC(CCC(C)(C)C)c1cccc2nccnc12. The van der Waals surface area contributed by atoms with Crippen LogP contribution in [-0.4, -0.2) is 16.5 Å². The van der Waals surface area contributed by atoms with Crippen molar-refractivity contribution < 1.29 is 0 Å². The molecule has 0 radical (unpaired) electrons. The third-order valence-electron chi connectivity index (χ3n) is 3.73. The summed E-state index contributed by atoms with van der Waals surface area (Å²) in [5.41, 5.74) is 3.64. The van der Waals surface area contributed by atoms with Crippen LogP contribution < -0.4 is 5.32 Å². The summed E-state index contributed by atoms with van der Waals surface area (Å²) >= 11 is 0. The molecule has 0 fully saturated rings. The summed E-state index contributed by atoms with van der Waals surface area (Å²) < 4.78 is 0. The van der Waals surface area contributed by atoms with Gasteiger partial charge >= 0.3 is 0 Å². The highest BCUT2D eigenvalue weighted by molar-refractivity contribution is 5.78. The van der Waals surface area contributed by atoms with Crippen LogP contribution in [0, 0.1) is 5.41 Å². The quantitative estimate of drug-likeness (QED) is 0.849. The molecule has 3 nitrogen and oxygen atoms in total. The highest BCUT2D eigenvalue weighted by atomic mass is 14.9. The van der Waals surface area contributed by atoms with E-state index in [9.17, 15) is 0 Å². The number of aromatic nitrogens is 2. The normalized spacial score (nSPS) is 13.5. The van der Waals surface area contributed by atoms with Gasteiger partial charge in [0.05, 0.1) is 11.0 Å². The predicted molar refractivity (Wildman–Crippen MR) is 89.3 cm³/mol. The van der Waals surface area contributed by atoms with Crippen LogP contribution in [0.15, 0.2) is 30.6 Å². The largest absolute Gasteiger partial charge is 0.310 e. The second kappa shape index (κ2) is 6.99. The zero-order chi connectivity index (χ0) is 15.3. The molecule has 0 saturated heterocycles. The van der Waals surface area contributed by atoms with Crippen molar-refractivity contribution in [1.29, 1.82) is 0 Å². The fraction of sp³-hybridized carbons (Fsp3) is 0.556. The van der Waals surface area contributed by atoms with Crippen molar-refractivity contribution in [2.24, 2.45) is 5.41 Å². The van der Waals surface area contributed by atoms with E-state index >= 15 is 0 Å². The fourth-order valence-corrected chi connectivity index (χ4v) is 2.56. The van der Waals surface area contributed by atoms with Crippen LogP contribution in [0.4, 0.5) is 0 Å². The zero-order valence-electron chi connectivity index (χ0n) is 13.7. The van der Waals surface area contributed by atoms with E-state index < -0.39 is 0 Å². The van der Waals surface area contributed by atoms with Gasteiger partial charge in [-0.3, -0.25) is 9.97 Å². The van der Waals surface area contributed by atoms with Crippen LogP contribution in [0.2, 0.25) is 0 Å². The maximum absolute atomic E-state index is 4.55. The Hall–Kier alpha value is -1.48. The molecule has 0 amide bonds. The van der Waals surface area contributed by atoms with E-state index in [1.54, 1.807) is 12.4 Å². The van der Waals surface area contributed by atoms with Crippen LogP contribution >= 0.6 is 0 Å². The number of hydrogen-bond acceptors (Lipinski definition) is 3. The number of benzene rings is 1. The van der Waals surface area contributed by atoms with Crippen molar-refractivity contribution in [1.82, 2.24) is 15.3 Å². The molecule has 114 valence electrons. The summed E-state index contributed by atoms with van der Waals surface area (Å²) in [4.78, 5) is 8.98. The Kier molecular flexibility index (Phi) is 5.29. The average Bonchev–Trinajstić information content (AvgIpc) is 2.46. The monoisotopic (exact) mass is 285 g/mol. The minimum Gasteiger partial charge on any atom is -0.310 e. The van der Waals surface area contributed by atoms with Gasteiger partial charge in [0.2, 0.25) is 0 Å². The summed E-state index contributed by atoms with van der Waals surface area (Å²) in [5, 5.41) is 3.68. The molecule has 0 aliphatic rings. The summed E-state index contributed by atoms with van der Waals surface area (Å²) in [6, 6.07) is 6.66. The van der Waals surface area contributed by atoms with Gasteiger partial charge < -0.3 is 5.32 Å². The molecule has 0 aliphatic heterocycles. The predicted octanol–water partition coefficient (Wildman–Crippen LogP) is 4.50. The topological polar surface area (TPSA) is 37.8 Å². The lowest BCUT2D eigenvalue weighted by atomic mass is 9.87. The minimum atomic E-state index is 0.350. The van der Waals surface area contributed by atoms with Crippen LogP contribution in [0.1, 0.15) is 58.6 Å². The van der Waals surface area contributed by atoms with Gasteiger partial charge in [0, 0.05) is 18.4 Å². The van der Waals surface area contributed by atoms with E-state index in [0.717, 1.165) is 30.4 Å². The number of nitrogens with zero attached hydrogens (tertiary/aromatic N) is 2. The van der Waals surface area contributed by atoms with E-state index in [2.05, 4.69) is 55.1 Å². The van der Waals surface area contributed by atoms with Gasteiger partial charge in [-0.2, -0.15) is 0 Å². The van der Waals surface area contributed by atoms with Crippen molar-refractivity contribution in [2.45, 2.75) is 53.0 Å². The molecule has 0 bridgehead atoms. The maximum atomic E-state index is 4.55. The Morgan fingerprint density at radius 3 is 2.62 bits per heavy atom. The molecule has 0 aliphatic carbocycles. The van der Waals surface area contributed by atoms with E-state index in [1.807, 2.05) is 6.07 Å². The van der Waals surface area contributed by atoms with Gasteiger partial charge in [0.1, 0.15) is 0 Å². The van der Waals surface area contributed by atoms with Gasteiger partial charge in [-0.15, -0.1) is 0 Å². The van der Waals surface area contributed by atoms with Gasteiger partial charge in [0.15, 0.2) is 0 Å². The third kappa shape index (κ3) is 4.50. The minimum absolute atomic E-state index is 0.350. The Balaban J connectivity index is 2.29. The first-order valence-corrected chi connectivity index (χ1v) is 7.94. The second-order valence-corrected chi connectivity index (χ2v) is 6.88. The molecule has 1 unspecified atom stereocenters. The molecule has 0 saturated carbocycles. The fourth-order valence-electron chi connectivity index (χ4n) is 2.56. The first-order valence-electron chi connectivity index (χ1n) is 7.94. The standard InChI is InChI=1S/C18H27N3/c1-5-11-19-15(9-10-18(2,3)4)14-7-6-8-16-17(14)21-13-12-20-16/h6-8,12-13,15,19H,5,9-11H2,1-4H3. The Bertz CT molecular complexity index is 567. The highest BCUT2D eigenvalue weighted by Gasteiger charge is 2.18. The maximum Gasteiger partial charge on any atom is 0.0934 e. The van der Waals surface area contributed by atoms with Gasteiger partial charge in [-0.25, -0.2) is 0 Å². The van der Waals surface area contributed by atoms with E-state index in [-0.39, 0.29) is 0 Å². The van der Waals surface area contributed by atoms with Crippen molar-refractivity contribution in [3.63, 3.8) is 0 Å². The third-order valence-corrected chi connectivity index (χ3v) is 3.73. The molecule has 1 heterocycles. The first kappa shape index (κ1) is 15.9. The van der Waals surface area contributed by atoms with Crippen LogP contribution in [-0.2, 0) is 0 Å². The first-order chi connectivity index (χ1) is 10.0. The van der Waals surface area contributed by atoms with Crippen molar-refractivity contribution in [3.8, 4) is 0 Å². The van der Waals surface area contributed by atoms with Crippen molar-refractivity contribution >= 4 is 11.0 Å². The summed E-state index contributed by atoms with van der Waals surface area (Å²) in [6.45, 7) is 10.1. The molecule has 1 aromatic heterocycles.